The quantitative estimate of drug-likeness (QED) is 0.658. The molecule has 0 unspecified atom stereocenters. The number of Topliss-reactive ketones (excluding diaryl/α,β-unsaturated/α-hetero) is 1. The third kappa shape index (κ3) is 2.68. The topological polar surface area (TPSA) is 59.9 Å². The molecule has 5 heteroatoms. The highest BCUT2D eigenvalue weighted by atomic mass is 32.1. The summed E-state index contributed by atoms with van der Waals surface area (Å²) in [4.78, 5) is 12.0. The predicted molar refractivity (Wildman–Crippen MR) is 66.9 cm³/mol. The van der Waals surface area contributed by atoms with Crippen molar-refractivity contribution in [1.82, 2.24) is 5.10 Å². The summed E-state index contributed by atoms with van der Waals surface area (Å²) in [6.45, 7) is 2.22. The zero-order valence-electron chi connectivity index (χ0n) is 9.59. The molecule has 0 amide bonds. The van der Waals surface area contributed by atoms with Gasteiger partial charge in [0.2, 0.25) is 5.78 Å². The number of carbonyl (C=O) groups excluding carboxylic acids is 1. The van der Waals surface area contributed by atoms with Crippen molar-refractivity contribution in [2.75, 3.05) is 5.73 Å². The van der Waals surface area contributed by atoms with Crippen LogP contribution in [0.2, 0.25) is 0 Å². The van der Waals surface area contributed by atoms with Crippen LogP contribution in [0.15, 0.2) is 30.3 Å². The average Bonchev–Trinajstić information content (AvgIpc) is 2.71. The van der Waals surface area contributed by atoms with Crippen LogP contribution < -0.4 is 10.4 Å². The van der Waals surface area contributed by atoms with E-state index in [-0.39, 0.29) is 12.3 Å². The van der Waals surface area contributed by atoms with Crippen molar-refractivity contribution in [2.45, 2.75) is 19.9 Å². The molecule has 0 bridgehead atoms. The summed E-state index contributed by atoms with van der Waals surface area (Å²) in [6.07, 6.45) is 0.835. The first-order valence-corrected chi connectivity index (χ1v) is 6.26. The Morgan fingerprint density at radius 3 is 2.71 bits per heavy atom. The number of benzene rings is 1. The van der Waals surface area contributed by atoms with Gasteiger partial charge in [0.25, 0.3) is 0 Å². The van der Waals surface area contributed by atoms with Crippen LogP contribution in [-0.4, -0.2) is 10.9 Å². The summed E-state index contributed by atoms with van der Waals surface area (Å²) < 4.78 is 1.57. The normalized spacial score (nSPS) is 10.4. The molecular weight excluding hydrogens is 234 g/mol. The van der Waals surface area contributed by atoms with E-state index in [0.717, 1.165) is 11.4 Å². The van der Waals surface area contributed by atoms with Gasteiger partial charge in [0.15, 0.2) is 6.54 Å². The Morgan fingerprint density at radius 1 is 1.41 bits per heavy atom. The highest BCUT2D eigenvalue weighted by Crippen LogP contribution is 2.10. The van der Waals surface area contributed by atoms with Gasteiger partial charge >= 0.3 is 5.13 Å². The minimum atomic E-state index is 0.0234. The van der Waals surface area contributed by atoms with Gasteiger partial charge in [-0.2, -0.15) is 0 Å². The fraction of sp³-hybridized carbons (Fsp3) is 0.250. The van der Waals surface area contributed by atoms with Crippen LogP contribution in [0.5, 0.6) is 0 Å². The van der Waals surface area contributed by atoms with Gasteiger partial charge in [0.1, 0.15) is 5.01 Å². The van der Waals surface area contributed by atoms with Crippen LogP contribution in [0.1, 0.15) is 22.3 Å². The second kappa shape index (κ2) is 5.05. The Balaban J connectivity index is 2.16. The van der Waals surface area contributed by atoms with Crippen LogP contribution >= 0.6 is 11.3 Å². The van der Waals surface area contributed by atoms with E-state index in [1.807, 2.05) is 25.1 Å². The average molecular weight is 248 g/mol. The Bertz CT molecular complexity index is 522. The first-order valence-electron chi connectivity index (χ1n) is 5.44. The summed E-state index contributed by atoms with van der Waals surface area (Å²) in [5, 5.41) is 5.81. The van der Waals surface area contributed by atoms with Gasteiger partial charge < -0.3 is 0 Å². The van der Waals surface area contributed by atoms with Crippen molar-refractivity contribution in [3.8, 4) is 0 Å². The van der Waals surface area contributed by atoms with E-state index in [1.165, 1.54) is 11.3 Å². The second-order valence-electron chi connectivity index (χ2n) is 3.63. The number of rotatable bonds is 4. The Kier molecular flexibility index (Phi) is 3.49. The Morgan fingerprint density at radius 2 is 2.12 bits per heavy atom. The number of nitrogen functional groups attached to an aromatic ring is 1. The van der Waals surface area contributed by atoms with E-state index in [0.29, 0.717) is 10.7 Å². The lowest BCUT2D eigenvalue weighted by atomic mass is 10.1. The maximum atomic E-state index is 12.0. The first kappa shape index (κ1) is 11.7. The Hall–Kier alpha value is -1.75. The molecule has 1 heterocycles. The molecule has 1 aromatic carbocycles. The first-order chi connectivity index (χ1) is 8.20. The van der Waals surface area contributed by atoms with Crippen LogP contribution in [0, 0.1) is 0 Å². The number of nitrogens with two attached hydrogens (primary N) is 1. The highest BCUT2D eigenvalue weighted by molar-refractivity contribution is 7.14. The van der Waals surface area contributed by atoms with E-state index in [9.17, 15) is 4.79 Å². The maximum Gasteiger partial charge on any atom is 0.354 e. The molecule has 0 saturated carbocycles. The van der Waals surface area contributed by atoms with Crippen molar-refractivity contribution in [2.24, 2.45) is 0 Å². The summed E-state index contributed by atoms with van der Waals surface area (Å²) in [5.74, 6) is 0.0234. The van der Waals surface area contributed by atoms with E-state index in [4.69, 9.17) is 5.73 Å². The molecule has 4 nitrogen and oxygen atoms in total. The second-order valence-corrected chi connectivity index (χ2v) is 4.73. The van der Waals surface area contributed by atoms with Gasteiger partial charge in [-0.05, 0) is 11.3 Å². The zero-order chi connectivity index (χ0) is 12.3. The van der Waals surface area contributed by atoms with Crippen molar-refractivity contribution < 1.29 is 9.48 Å². The number of aromatic nitrogens is 2. The third-order valence-electron chi connectivity index (χ3n) is 2.40. The molecule has 2 N–H and O–H groups in total. The summed E-state index contributed by atoms with van der Waals surface area (Å²) in [6, 6.07) is 9.17. The van der Waals surface area contributed by atoms with Crippen molar-refractivity contribution in [3.63, 3.8) is 0 Å². The molecule has 0 aliphatic rings. The minimum absolute atomic E-state index is 0.0234. The SMILES string of the molecule is CCc1n[n+](CC(=O)c2ccccc2)c(N)s1. The third-order valence-corrected chi connectivity index (χ3v) is 3.43. The lowest BCUT2D eigenvalue weighted by Crippen LogP contribution is -2.42. The summed E-state index contributed by atoms with van der Waals surface area (Å²) in [5.41, 5.74) is 6.50. The molecule has 1 aromatic heterocycles. The molecule has 2 rings (SSSR count). The van der Waals surface area contributed by atoms with E-state index >= 15 is 0 Å². The van der Waals surface area contributed by atoms with Crippen molar-refractivity contribution in [1.29, 1.82) is 0 Å². The van der Waals surface area contributed by atoms with Gasteiger partial charge in [-0.1, -0.05) is 42.4 Å². The molecule has 0 fully saturated rings. The maximum absolute atomic E-state index is 12.0. The van der Waals surface area contributed by atoms with E-state index in [1.54, 1.807) is 16.8 Å². The smallest absolute Gasteiger partial charge is 0.290 e. The Labute approximate surface area is 104 Å². The minimum Gasteiger partial charge on any atom is -0.290 e. The van der Waals surface area contributed by atoms with Crippen LogP contribution in [0.3, 0.4) is 0 Å². The summed E-state index contributed by atoms with van der Waals surface area (Å²) >= 11 is 1.43. The van der Waals surface area contributed by atoms with Gasteiger partial charge in [-0.3, -0.25) is 10.5 Å². The molecule has 0 aliphatic heterocycles. The van der Waals surface area contributed by atoms with Crippen molar-refractivity contribution >= 4 is 22.3 Å². The number of hydrogen-bond acceptors (Lipinski definition) is 4. The van der Waals surface area contributed by atoms with Gasteiger partial charge in [0.05, 0.1) is 0 Å². The number of anilines is 1. The number of nitrogens with zero attached hydrogens (tertiary/aromatic N) is 2. The van der Waals surface area contributed by atoms with Crippen LogP contribution in [-0.2, 0) is 13.0 Å². The number of ketones is 1. The lowest BCUT2D eigenvalue weighted by Gasteiger charge is -1.97. The standard InChI is InChI=1S/C12H13N3OS/c1-2-11-14-15(12(13)17-11)8-10(16)9-6-4-3-5-7-9/h3-7,13H,2,8H2,1H3/p+1. The van der Waals surface area contributed by atoms with E-state index in [2.05, 4.69) is 5.10 Å². The van der Waals surface area contributed by atoms with Crippen LogP contribution in [0.4, 0.5) is 5.13 Å². The van der Waals surface area contributed by atoms with Crippen molar-refractivity contribution in [3.05, 3.63) is 40.9 Å². The largest absolute Gasteiger partial charge is 0.354 e. The summed E-state index contributed by atoms with van der Waals surface area (Å²) in [7, 11) is 0. The predicted octanol–water partition coefficient (Wildman–Crippen LogP) is 1.46. The molecule has 88 valence electrons. The molecule has 0 atom stereocenters. The van der Waals surface area contributed by atoms with Gasteiger partial charge in [0, 0.05) is 12.0 Å². The molecular formula is C12H14N3OS+. The highest BCUT2D eigenvalue weighted by Gasteiger charge is 2.17. The number of hydrogen-bond donors (Lipinski definition) is 1. The zero-order valence-corrected chi connectivity index (χ0v) is 10.4. The number of aryl methyl sites for hydroxylation is 1. The molecule has 17 heavy (non-hydrogen) atoms. The molecule has 0 saturated heterocycles. The van der Waals surface area contributed by atoms with Gasteiger partial charge in [-0.25, -0.2) is 0 Å². The fourth-order valence-corrected chi connectivity index (χ4v) is 2.22. The molecule has 0 aliphatic carbocycles. The molecule has 0 spiro atoms. The molecule has 2 aromatic rings. The number of carbonyl (C=O) groups is 1. The van der Waals surface area contributed by atoms with E-state index < -0.39 is 0 Å². The lowest BCUT2D eigenvalue weighted by molar-refractivity contribution is -0.723. The fourth-order valence-electron chi connectivity index (χ4n) is 1.49. The molecule has 0 radical (unpaired) electrons. The monoisotopic (exact) mass is 248 g/mol. The van der Waals surface area contributed by atoms with Crippen LogP contribution in [0.25, 0.3) is 0 Å². The van der Waals surface area contributed by atoms with Gasteiger partial charge in [-0.15, -0.1) is 4.68 Å².